The highest BCUT2D eigenvalue weighted by molar-refractivity contribution is 8.13. The molecular formula is C12H18N4O2S. The summed E-state index contributed by atoms with van der Waals surface area (Å²) in [5.74, 6) is 2.07. The third-order valence-electron chi connectivity index (χ3n) is 3.16. The van der Waals surface area contributed by atoms with Gasteiger partial charge in [-0.2, -0.15) is 0 Å². The van der Waals surface area contributed by atoms with Crippen LogP contribution in [0.2, 0.25) is 0 Å². The lowest BCUT2D eigenvalue weighted by molar-refractivity contribution is 0.693. The van der Waals surface area contributed by atoms with Crippen LogP contribution in [0.4, 0.5) is 11.5 Å². The van der Waals surface area contributed by atoms with Crippen LogP contribution in [0.25, 0.3) is 0 Å². The SMILES string of the molecule is CC(=Nc1c(N)c(=O)n(C)c(=O)n1C)SCC1CC1. The van der Waals surface area contributed by atoms with Crippen LogP contribution >= 0.6 is 11.8 Å². The van der Waals surface area contributed by atoms with Gasteiger partial charge in [-0.05, 0) is 25.7 Å². The van der Waals surface area contributed by atoms with Crippen molar-refractivity contribution in [3.63, 3.8) is 0 Å². The van der Waals surface area contributed by atoms with Crippen LogP contribution in [0.5, 0.6) is 0 Å². The molecular weight excluding hydrogens is 264 g/mol. The van der Waals surface area contributed by atoms with Crippen LogP contribution in [-0.4, -0.2) is 19.9 Å². The summed E-state index contributed by atoms with van der Waals surface area (Å²) in [7, 11) is 2.97. The average Bonchev–Trinajstić information content (AvgIpc) is 3.21. The summed E-state index contributed by atoms with van der Waals surface area (Å²) in [6.07, 6.45) is 2.57. The fraction of sp³-hybridized carbons (Fsp3) is 0.583. The van der Waals surface area contributed by atoms with Crippen LogP contribution in [-0.2, 0) is 14.1 Å². The molecule has 0 bridgehead atoms. The summed E-state index contributed by atoms with van der Waals surface area (Å²) in [6.45, 7) is 1.87. The largest absolute Gasteiger partial charge is 0.391 e. The lowest BCUT2D eigenvalue weighted by Crippen LogP contribution is -2.38. The molecule has 104 valence electrons. The lowest BCUT2D eigenvalue weighted by atomic mass is 10.4. The Morgan fingerprint density at radius 1 is 1.37 bits per heavy atom. The lowest BCUT2D eigenvalue weighted by Gasteiger charge is -2.09. The molecule has 1 aromatic heterocycles. The minimum Gasteiger partial charge on any atom is -0.391 e. The first-order chi connectivity index (χ1) is 8.91. The van der Waals surface area contributed by atoms with E-state index in [1.54, 1.807) is 18.8 Å². The van der Waals surface area contributed by atoms with Gasteiger partial charge in [0.25, 0.3) is 5.56 Å². The van der Waals surface area contributed by atoms with Gasteiger partial charge in [0.05, 0.1) is 5.04 Å². The highest BCUT2D eigenvalue weighted by Crippen LogP contribution is 2.33. The van der Waals surface area contributed by atoms with Crippen molar-refractivity contribution in [3.8, 4) is 0 Å². The molecule has 0 amide bonds. The summed E-state index contributed by atoms with van der Waals surface area (Å²) in [5, 5.41) is 0.821. The van der Waals surface area contributed by atoms with Gasteiger partial charge < -0.3 is 5.73 Å². The Bertz CT molecular complexity index is 603. The Kier molecular flexibility index (Phi) is 3.84. The molecule has 0 aliphatic heterocycles. The Morgan fingerprint density at radius 3 is 2.58 bits per heavy atom. The number of aliphatic imine (C=N–C) groups is 1. The van der Waals surface area contributed by atoms with Gasteiger partial charge in [0, 0.05) is 19.8 Å². The van der Waals surface area contributed by atoms with E-state index in [0.717, 1.165) is 21.3 Å². The number of thioether (sulfide) groups is 1. The van der Waals surface area contributed by atoms with E-state index in [2.05, 4.69) is 4.99 Å². The molecule has 1 aromatic rings. The minimum atomic E-state index is -0.498. The van der Waals surface area contributed by atoms with Crippen LogP contribution in [0.15, 0.2) is 14.6 Å². The van der Waals surface area contributed by atoms with Gasteiger partial charge in [0.1, 0.15) is 5.69 Å². The normalized spacial score (nSPS) is 15.8. The summed E-state index contributed by atoms with van der Waals surface area (Å²) in [5.41, 5.74) is 4.85. The second-order valence-electron chi connectivity index (χ2n) is 4.83. The summed E-state index contributed by atoms with van der Waals surface area (Å²) in [6, 6.07) is 0. The highest BCUT2D eigenvalue weighted by atomic mass is 32.2. The summed E-state index contributed by atoms with van der Waals surface area (Å²) < 4.78 is 2.29. The van der Waals surface area contributed by atoms with E-state index in [0.29, 0.717) is 0 Å². The number of nitrogens with zero attached hydrogens (tertiary/aromatic N) is 3. The Balaban J connectivity index is 2.36. The Hall–Kier alpha value is -1.50. The second-order valence-corrected chi connectivity index (χ2v) is 6.04. The standard InChI is InChI=1S/C12H18N4O2S/c1-7(19-6-8-4-5-8)14-10-9(13)11(17)16(3)12(18)15(10)2/h8H,4-6,13H2,1-3H3. The molecule has 0 unspecified atom stereocenters. The first-order valence-electron chi connectivity index (χ1n) is 6.15. The van der Waals surface area contributed by atoms with Gasteiger partial charge in [0.2, 0.25) is 0 Å². The van der Waals surface area contributed by atoms with E-state index in [1.807, 2.05) is 6.92 Å². The van der Waals surface area contributed by atoms with Gasteiger partial charge >= 0.3 is 5.69 Å². The van der Waals surface area contributed by atoms with Crippen molar-refractivity contribution in [1.82, 2.24) is 9.13 Å². The average molecular weight is 282 g/mol. The Morgan fingerprint density at radius 2 is 2.00 bits per heavy atom. The molecule has 1 aliphatic rings. The zero-order valence-electron chi connectivity index (χ0n) is 11.3. The van der Waals surface area contributed by atoms with Crippen molar-refractivity contribution >= 4 is 28.3 Å². The van der Waals surface area contributed by atoms with Gasteiger partial charge in [-0.25, -0.2) is 9.79 Å². The fourth-order valence-electron chi connectivity index (χ4n) is 1.70. The minimum absolute atomic E-state index is 0.0102. The van der Waals surface area contributed by atoms with E-state index in [4.69, 9.17) is 5.73 Å². The molecule has 7 heteroatoms. The van der Waals surface area contributed by atoms with Crippen molar-refractivity contribution in [3.05, 3.63) is 20.8 Å². The van der Waals surface area contributed by atoms with Gasteiger partial charge in [-0.15, -0.1) is 11.8 Å². The topological polar surface area (TPSA) is 82.4 Å². The first-order valence-corrected chi connectivity index (χ1v) is 7.14. The predicted molar refractivity (Wildman–Crippen MR) is 79.3 cm³/mol. The highest BCUT2D eigenvalue weighted by Gasteiger charge is 2.21. The van der Waals surface area contributed by atoms with E-state index in [9.17, 15) is 9.59 Å². The van der Waals surface area contributed by atoms with Crippen molar-refractivity contribution < 1.29 is 0 Å². The number of nitrogens with two attached hydrogens (primary N) is 1. The third-order valence-corrected chi connectivity index (χ3v) is 4.30. The van der Waals surface area contributed by atoms with Crippen molar-refractivity contribution in [1.29, 1.82) is 0 Å². The van der Waals surface area contributed by atoms with Crippen LogP contribution < -0.4 is 17.0 Å². The van der Waals surface area contributed by atoms with Gasteiger partial charge in [-0.1, -0.05) is 0 Å². The zero-order chi connectivity index (χ0) is 14.2. The number of hydrogen-bond acceptors (Lipinski definition) is 5. The maximum absolute atomic E-state index is 11.8. The number of nitrogen functional groups attached to an aromatic ring is 1. The van der Waals surface area contributed by atoms with E-state index < -0.39 is 11.2 Å². The quantitative estimate of drug-likeness (QED) is 0.658. The second kappa shape index (κ2) is 5.24. The van der Waals surface area contributed by atoms with E-state index in [-0.39, 0.29) is 11.5 Å². The van der Waals surface area contributed by atoms with Gasteiger partial charge in [0.15, 0.2) is 5.82 Å². The Labute approximate surface area is 115 Å². The third kappa shape index (κ3) is 2.91. The molecule has 2 rings (SSSR count). The molecule has 0 spiro atoms. The molecule has 6 nitrogen and oxygen atoms in total. The molecule has 2 N–H and O–H groups in total. The molecule has 19 heavy (non-hydrogen) atoms. The smallest absolute Gasteiger partial charge is 0.332 e. The molecule has 1 saturated carbocycles. The van der Waals surface area contributed by atoms with Crippen molar-refractivity contribution in [2.75, 3.05) is 11.5 Å². The van der Waals surface area contributed by atoms with Crippen LogP contribution in [0.1, 0.15) is 19.8 Å². The van der Waals surface area contributed by atoms with Crippen LogP contribution in [0.3, 0.4) is 0 Å². The fourth-order valence-corrected chi connectivity index (χ4v) is 2.66. The summed E-state index contributed by atoms with van der Waals surface area (Å²) >= 11 is 1.65. The van der Waals surface area contributed by atoms with Crippen molar-refractivity contribution in [2.24, 2.45) is 25.0 Å². The molecule has 1 heterocycles. The molecule has 0 aromatic carbocycles. The monoisotopic (exact) mass is 282 g/mol. The predicted octanol–water partition coefficient (Wildman–Crippen LogP) is 0.859. The van der Waals surface area contributed by atoms with E-state index >= 15 is 0 Å². The number of hydrogen-bond donors (Lipinski definition) is 1. The maximum atomic E-state index is 11.8. The van der Waals surface area contributed by atoms with Crippen LogP contribution in [0, 0.1) is 5.92 Å². The molecule has 0 radical (unpaired) electrons. The molecule has 0 saturated heterocycles. The van der Waals surface area contributed by atoms with Gasteiger partial charge in [-0.3, -0.25) is 13.9 Å². The molecule has 1 fully saturated rings. The molecule has 0 atom stereocenters. The number of aromatic nitrogens is 2. The number of anilines is 1. The number of rotatable bonds is 3. The maximum Gasteiger partial charge on any atom is 0.332 e. The van der Waals surface area contributed by atoms with Crippen molar-refractivity contribution in [2.45, 2.75) is 19.8 Å². The summed E-state index contributed by atoms with van der Waals surface area (Å²) in [4.78, 5) is 27.9. The van der Waals surface area contributed by atoms with E-state index in [1.165, 1.54) is 24.5 Å². The molecule has 1 aliphatic carbocycles. The first kappa shape index (κ1) is 13.9. The zero-order valence-corrected chi connectivity index (χ0v) is 12.2.